The Balaban J connectivity index is 1.38. The van der Waals surface area contributed by atoms with Crippen molar-refractivity contribution in [1.82, 2.24) is 15.1 Å². The molecule has 0 aliphatic carbocycles. The Kier molecular flexibility index (Phi) is 4.91. The highest BCUT2D eigenvalue weighted by Crippen LogP contribution is 2.29. The summed E-state index contributed by atoms with van der Waals surface area (Å²) in [6.45, 7) is 1.48. The Morgan fingerprint density at radius 2 is 2.20 bits per heavy atom. The van der Waals surface area contributed by atoms with Crippen LogP contribution in [0.1, 0.15) is 10.4 Å². The van der Waals surface area contributed by atoms with Crippen molar-refractivity contribution >= 4 is 44.9 Å². The maximum atomic E-state index is 12.4. The van der Waals surface area contributed by atoms with Gasteiger partial charge in [0.2, 0.25) is 11.8 Å². The van der Waals surface area contributed by atoms with Gasteiger partial charge in [-0.05, 0) is 51.5 Å². The standard InChI is InChI=1S/C17H14BrN3O2S2/c18-13-4-2-1-3-12(13)16-19-20-17(23-16)25-10-15(22)21-7-5-14-11(9-21)6-8-24-14/h1-4,6,8H,5,7,9-10H2. The average molecular weight is 436 g/mol. The second-order valence-corrected chi connectivity index (χ2v) is 8.36. The van der Waals surface area contributed by atoms with Crippen LogP contribution in [0.2, 0.25) is 0 Å². The van der Waals surface area contributed by atoms with Crippen molar-refractivity contribution in [3.63, 3.8) is 0 Å². The molecular formula is C17H14BrN3O2S2. The van der Waals surface area contributed by atoms with Crippen LogP contribution >= 0.6 is 39.0 Å². The molecule has 0 N–H and O–H groups in total. The second-order valence-electron chi connectivity index (χ2n) is 5.58. The van der Waals surface area contributed by atoms with Crippen molar-refractivity contribution < 1.29 is 9.21 Å². The Hall–Kier alpha value is -1.64. The van der Waals surface area contributed by atoms with E-state index in [2.05, 4.69) is 37.6 Å². The van der Waals surface area contributed by atoms with Crippen LogP contribution in [0.3, 0.4) is 0 Å². The lowest BCUT2D eigenvalue weighted by atomic mass is 10.1. The minimum Gasteiger partial charge on any atom is -0.411 e. The normalized spacial score (nSPS) is 13.7. The lowest BCUT2D eigenvalue weighted by Crippen LogP contribution is -2.36. The number of rotatable bonds is 4. The molecule has 0 saturated heterocycles. The Morgan fingerprint density at radius 1 is 1.32 bits per heavy atom. The van der Waals surface area contributed by atoms with Crippen LogP contribution in [0, 0.1) is 0 Å². The first-order chi connectivity index (χ1) is 12.2. The molecule has 0 bridgehead atoms. The molecule has 4 rings (SSSR count). The summed E-state index contributed by atoms with van der Waals surface area (Å²) in [7, 11) is 0. The van der Waals surface area contributed by atoms with Crippen molar-refractivity contribution in [3.05, 3.63) is 50.6 Å². The molecule has 1 amide bonds. The summed E-state index contributed by atoms with van der Waals surface area (Å²) in [4.78, 5) is 15.7. The molecule has 1 aliphatic rings. The van der Waals surface area contributed by atoms with Crippen LogP contribution in [0.25, 0.3) is 11.5 Å². The molecule has 1 aromatic carbocycles. The number of thioether (sulfide) groups is 1. The van der Waals surface area contributed by atoms with Gasteiger partial charge in [-0.15, -0.1) is 21.5 Å². The molecular weight excluding hydrogens is 422 g/mol. The maximum Gasteiger partial charge on any atom is 0.277 e. The van der Waals surface area contributed by atoms with Gasteiger partial charge in [-0.2, -0.15) is 0 Å². The van der Waals surface area contributed by atoms with E-state index in [0.717, 1.165) is 23.0 Å². The summed E-state index contributed by atoms with van der Waals surface area (Å²) in [5, 5.41) is 10.6. The number of fused-ring (bicyclic) bond motifs is 1. The number of hydrogen-bond donors (Lipinski definition) is 0. The average Bonchev–Trinajstić information content (AvgIpc) is 3.28. The van der Waals surface area contributed by atoms with E-state index in [1.807, 2.05) is 29.2 Å². The van der Waals surface area contributed by atoms with E-state index in [0.29, 0.717) is 23.4 Å². The minimum atomic E-state index is 0.0995. The summed E-state index contributed by atoms with van der Waals surface area (Å²) in [5.41, 5.74) is 2.11. The molecule has 0 spiro atoms. The second kappa shape index (κ2) is 7.31. The number of carbonyl (C=O) groups is 1. The van der Waals surface area contributed by atoms with Crippen molar-refractivity contribution in [2.75, 3.05) is 12.3 Å². The third-order valence-corrected chi connectivity index (χ3v) is 6.51. The van der Waals surface area contributed by atoms with Gasteiger partial charge in [-0.1, -0.05) is 23.9 Å². The smallest absolute Gasteiger partial charge is 0.277 e. The van der Waals surface area contributed by atoms with Crippen LogP contribution < -0.4 is 0 Å². The lowest BCUT2D eigenvalue weighted by molar-refractivity contribution is -0.129. The van der Waals surface area contributed by atoms with Gasteiger partial charge >= 0.3 is 0 Å². The predicted octanol–water partition coefficient (Wildman–Crippen LogP) is 4.24. The molecule has 2 aromatic heterocycles. The van der Waals surface area contributed by atoms with Gasteiger partial charge in [0.15, 0.2) is 0 Å². The molecule has 0 unspecified atom stereocenters. The van der Waals surface area contributed by atoms with Gasteiger partial charge in [0.05, 0.1) is 11.3 Å². The highest BCUT2D eigenvalue weighted by Gasteiger charge is 2.22. The number of amides is 1. The monoisotopic (exact) mass is 435 g/mol. The van der Waals surface area contributed by atoms with E-state index < -0.39 is 0 Å². The fourth-order valence-electron chi connectivity index (χ4n) is 2.69. The van der Waals surface area contributed by atoms with E-state index in [9.17, 15) is 4.79 Å². The van der Waals surface area contributed by atoms with Crippen LogP contribution in [-0.2, 0) is 17.8 Å². The summed E-state index contributed by atoms with van der Waals surface area (Å²) in [6, 6.07) is 9.77. The first kappa shape index (κ1) is 16.8. The topological polar surface area (TPSA) is 59.2 Å². The van der Waals surface area contributed by atoms with Crippen LogP contribution in [-0.4, -0.2) is 33.3 Å². The van der Waals surface area contributed by atoms with Gasteiger partial charge in [0.1, 0.15) is 0 Å². The number of hydrogen-bond acceptors (Lipinski definition) is 6. The van der Waals surface area contributed by atoms with Gasteiger partial charge in [-0.25, -0.2) is 0 Å². The Labute approximate surface area is 161 Å². The van der Waals surface area contributed by atoms with Gasteiger partial charge in [0, 0.05) is 22.4 Å². The predicted molar refractivity (Wildman–Crippen MR) is 102 cm³/mol. The largest absolute Gasteiger partial charge is 0.411 e. The molecule has 3 aromatic rings. The molecule has 3 heterocycles. The first-order valence-corrected chi connectivity index (χ1v) is 10.4. The molecule has 0 radical (unpaired) electrons. The maximum absolute atomic E-state index is 12.4. The van der Waals surface area contributed by atoms with Crippen molar-refractivity contribution in [3.8, 4) is 11.5 Å². The van der Waals surface area contributed by atoms with E-state index in [4.69, 9.17) is 4.42 Å². The molecule has 5 nitrogen and oxygen atoms in total. The Bertz CT molecular complexity index is 909. The van der Waals surface area contributed by atoms with Crippen LogP contribution in [0.5, 0.6) is 0 Å². The van der Waals surface area contributed by atoms with E-state index in [1.54, 1.807) is 11.3 Å². The summed E-state index contributed by atoms with van der Waals surface area (Å²) >= 11 is 6.53. The van der Waals surface area contributed by atoms with E-state index in [-0.39, 0.29) is 5.91 Å². The number of benzene rings is 1. The number of nitrogens with zero attached hydrogens (tertiary/aromatic N) is 3. The van der Waals surface area contributed by atoms with Crippen LogP contribution in [0.15, 0.2) is 49.8 Å². The molecule has 128 valence electrons. The fraction of sp³-hybridized carbons (Fsp3) is 0.235. The third kappa shape index (κ3) is 3.65. The number of aromatic nitrogens is 2. The SMILES string of the molecule is O=C(CSc1nnc(-c2ccccc2Br)o1)N1CCc2sccc2C1. The molecule has 0 fully saturated rings. The molecule has 8 heteroatoms. The van der Waals surface area contributed by atoms with Crippen molar-refractivity contribution in [1.29, 1.82) is 0 Å². The molecule has 25 heavy (non-hydrogen) atoms. The Morgan fingerprint density at radius 3 is 3.08 bits per heavy atom. The van der Waals surface area contributed by atoms with E-state index >= 15 is 0 Å². The first-order valence-electron chi connectivity index (χ1n) is 7.75. The zero-order chi connectivity index (χ0) is 17.2. The quantitative estimate of drug-likeness (QED) is 0.573. The highest BCUT2D eigenvalue weighted by atomic mass is 79.9. The molecule has 0 atom stereocenters. The highest BCUT2D eigenvalue weighted by molar-refractivity contribution is 9.10. The van der Waals surface area contributed by atoms with Gasteiger partial charge < -0.3 is 9.32 Å². The molecule has 0 saturated carbocycles. The number of thiophene rings is 1. The van der Waals surface area contributed by atoms with E-state index in [1.165, 1.54) is 22.2 Å². The number of carbonyl (C=O) groups excluding carboxylic acids is 1. The minimum absolute atomic E-state index is 0.0995. The molecule has 1 aliphatic heterocycles. The summed E-state index contributed by atoms with van der Waals surface area (Å²) < 4.78 is 6.57. The number of halogens is 1. The third-order valence-electron chi connectivity index (χ3n) is 3.99. The zero-order valence-corrected chi connectivity index (χ0v) is 16.4. The van der Waals surface area contributed by atoms with Gasteiger partial charge in [-0.3, -0.25) is 4.79 Å². The zero-order valence-electron chi connectivity index (χ0n) is 13.1. The van der Waals surface area contributed by atoms with Gasteiger partial charge in [0.25, 0.3) is 5.22 Å². The lowest BCUT2D eigenvalue weighted by Gasteiger charge is -2.26. The fourth-order valence-corrected chi connectivity index (χ4v) is 4.70. The van der Waals surface area contributed by atoms with Crippen LogP contribution in [0.4, 0.5) is 0 Å². The van der Waals surface area contributed by atoms with Crippen molar-refractivity contribution in [2.45, 2.75) is 18.2 Å². The summed E-state index contributed by atoms with van der Waals surface area (Å²) in [5.74, 6) is 0.850. The summed E-state index contributed by atoms with van der Waals surface area (Å²) in [6.07, 6.45) is 0.941. The van der Waals surface area contributed by atoms with Crippen molar-refractivity contribution in [2.24, 2.45) is 0 Å².